The second-order valence-corrected chi connectivity index (χ2v) is 7.21. The standard InChI is InChI=1S/C17H26N2O2/c1-12-14(10-7-11-16(12)19(20)21)18-15-9-6-5-8-13(15)17(2,3)4/h7,10-11,13,15,18H,5-6,8-9H2,1-4H3. The van der Waals surface area contributed by atoms with Crippen LogP contribution >= 0.6 is 0 Å². The maximum atomic E-state index is 11.1. The second-order valence-electron chi connectivity index (χ2n) is 7.21. The first kappa shape index (κ1) is 15.8. The summed E-state index contributed by atoms with van der Waals surface area (Å²) in [5.41, 5.74) is 2.10. The molecule has 0 saturated heterocycles. The van der Waals surface area contributed by atoms with Gasteiger partial charge in [-0.3, -0.25) is 10.1 Å². The highest BCUT2D eigenvalue weighted by atomic mass is 16.6. The molecule has 0 heterocycles. The number of rotatable bonds is 3. The summed E-state index contributed by atoms with van der Waals surface area (Å²) < 4.78 is 0. The summed E-state index contributed by atoms with van der Waals surface area (Å²) in [6.45, 7) is 8.70. The average molecular weight is 290 g/mol. The topological polar surface area (TPSA) is 55.2 Å². The van der Waals surface area contributed by atoms with Crippen molar-refractivity contribution in [1.82, 2.24) is 0 Å². The minimum absolute atomic E-state index is 0.197. The molecule has 1 saturated carbocycles. The van der Waals surface area contributed by atoms with Crippen LogP contribution in [-0.4, -0.2) is 11.0 Å². The van der Waals surface area contributed by atoms with Crippen molar-refractivity contribution in [3.8, 4) is 0 Å². The summed E-state index contributed by atoms with van der Waals surface area (Å²) in [6.07, 6.45) is 4.89. The lowest BCUT2D eigenvalue weighted by molar-refractivity contribution is -0.385. The van der Waals surface area contributed by atoms with Crippen molar-refractivity contribution in [3.63, 3.8) is 0 Å². The van der Waals surface area contributed by atoms with Crippen molar-refractivity contribution in [2.45, 2.75) is 59.4 Å². The van der Waals surface area contributed by atoms with Crippen LogP contribution in [0.2, 0.25) is 0 Å². The maximum Gasteiger partial charge on any atom is 0.274 e. The lowest BCUT2D eigenvalue weighted by Gasteiger charge is -2.41. The molecule has 4 heteroatoms. The van der Waals surface area contributed by atoms with Gasteiger partial charge in [-0.25, -0.2) is 0 Å². The van der Waals surface area contributed by atoms with Crippen LogP contribution < -0.4 is 5.32 Å². The van der Waals surface area contributed by atoms with Crippen LogP contribution in [0.15, 0.2) is 18.2 Å². The third kappa shape index (κ3) is 3.55. The van der Waals surface area contributed by atoms with Gasteiger partial charge in [-0.05, 0) is 37.2 Å². The molecule has 2 rings (SSSR count). The van der Waals surface area contributed by atoms with E-state index in [1.807, 2.05) is 13.0 Å². The van der Waals surface area contributed by atoms with E-state index in [1.54, 1.807) is 12.1 Å². The van der Waals surface area contributed by atoms with Gasteiger partial charge in [0.25, 0.3) is 5.69 Å². The molecule has 1 aromatic carbocycles. The zero-order valence-corrected chi connectivity index (χ0v) is 13.5. The van der Waals surface area contributed by atoms with Crippen LogP contribution in [0.4, 0.5) is 11.4 Å². The largest absolute Gasteiger partial charge is 0.382 e. The van der Waals surface area contributed by atoms with Crippen molar-refractivity contribution in [2.24, 2.45) is 11.3 Å². The smallest absolute Gasteiger partial charge is 0.274 e. The fourth-order valence-electron chi connectivity index (χ4n) is 3.52. The lowest BCUT2D eigenvalue weighted by atomic mass is 9.69. The van der Waals surface area contributed by atoms with Crippen molar-refractivity contribution in [3.05, 3.63) is 33.9 Å². The minimum atomic E-state index is -0.303. The van der Waals surface area contributed by atoms with Gasteiger partial charge >= 0.3 is 0 Å². The van der Waals surface area contributed by atoms with Gasteiger partial charge in [-0.2, -0.15) is 0 Å². The van der Waals surface area contributed by atoms with E-state index in [-0.39, 0.29) is 16.0 Å². The SMILES string of the molecule is Cc1c(NC2CCCCC2C(C)(C)C)cccc1[N+](=O)[O-]. The first-order chi connectivity index (χ1) is 9.80. The van der Waals surface area contributed by atoms with Crippen molar-refractivity contribution in [1.29, 1.82) is 0 Å². The van der Waals surface area contributed by atoms with Crippen molar-refractivity contribution in [2.75, 3.05) is 5.32 Å². The molecule has 4 nitrogen and oxygen atoms in total. The molecule has 116 valence electrons. The molecular formula is C17H26N2O2. The van der Waals surface area contributed by atoms with Gasteiger partial charge < -0.3 is 5.32 Å². The fourth-order valence-corrected chi connectivity index (χ4v) is 3.52. The maximum absolute atomic E-state index is 11.1. The van der Waals surface area contributed by atoms with Crippen LogP contribution in [0, 0.1) is 28.4 Å². The molecule has 1 aromatic rings. The fraction of sp³-hybridized carbons (Fsp3) is 0.647. The number of anilines is 1. The molecule has 1 aliphatic carbocycles. The van der Waals surface area contributed by atoms with E-state index < -0.39 is 0 Å². The van der Waals surface area contributed by atoms with Gasteiger partial charge in [0.05, 0.1) is 4.92 Å². The Morgan fingerprint density at radius 3 is 2.52 bits per heavy atom. The summed E-state index contributed by atoms with van der Waals surface area (Å²) >= 11 is 0. The zero-order chi connectivity index (χ0) is 15.6. The molecule has 21 heavy (non-hydrogen) atoms. The number of nitrogens with zero attached hydrogens (tertiary/aromatic N) is 1. The van der Waals surface area contributed by atoms with Crippen LogP contribution in [0.5, 0.6) is 0 Å². The van der Waals surface area contributed by atoms with Gasteiger partial charge in [0, 0.05) is 23.4 Å². The Morgan fingerprint density at radius 2 is 1.90 bits per heavy atom. The zero-order valence-electron chi connectivity index (χ0n) is 13.5. The normalized spacial score (nSPS) is 22.9. The number of nitrogens with one attached hydrogen (secondary N) is 1. The van der Waals surface area contributed by atoms with Crippen LogP contribution in [0.3, 0.4) is 0 Å². The molecule has 0 radical (unpaired) electrons. The Morgan fingerprint density at radius 1 is 1.24 bits per heavy atom. The van der Waals surface area contributed by atoms with E-state index in [0.29, 0.717) is 12.0 Å². The predicted octanol–water partition coefficient (Wildman–Crippen LogP) is 4.92. The van der Waals surface area contributed by atoms with Crippen LogP contribution in [0.25, 0.3) is 0 Å². The molecule has 0 aliphatic heterocycles. The highest BCUT2D eigenvalue weighted by molar-refractivity contribution is 5.60. The third-order valence-corrected chi connectivity index (χ3v) is 4.72. The van der Waals surface area contributed by atoms with E-state index in [9.17, 15) is 10.1 Å². The van der Waals surface area contributed by atoms with Crippen LogP contribution in [0.1, 0.15) is 52.0 Å². The molecule has 1 aliphatic rings. The lowest BCUT2D eigenvalue weighted by Crippen LogP contribution is -2.39. The van der Waals surface area contributed by atoms with E-state index in [0.717, 1.165) is 17.7 Å². The van der Waals surface area contributed by atoms with E-state index >= 15 is 0 Å². The third-order valence-electron chi connectivity index (χ3n) is 4.72. The Labute approximate surface area is 127 Å². The Bertz CT molecular complexity index is 520. The predicted molar refractivity (Wildman–Crippen MR) is 86.7 cm³/mol. The first-order valence-corrected chi connectivity index (χ1v) is 7.81. The van der Waals surface area contributed by atoms with Gasteiger partial charge in [-0.15, -0.1) is 0 Å². The van der Waals surface area contributed by atoms with Gasteiger partial charge in [-0.1, -0.05) is 39.7 Å². The average Bonchev–Trinajstić information content (AvgIpc) is 2.40. The minimum Gasteiger partial charge on any atom is -0.382 e. The number of nitro groups is 1. The molecule has 0 spiro atoms. The number of nitro benzene ring substituents is 1. The monoisotopic (exact) mass is 290 g/mol. The summed E-state index contributed by atoms with van der Waals surface area (Å²) in [5, 5.41) is 14.7. The Hall–Kier alpha value is -1.58. The quantitative estimate of drug-likeness (QED) is 0.635. The van der Waals surface area contributed by atoms with Gasteiger partial charge in [0.15, 0.2) is 0 Å². The van der Waals surface area contributed by atoms with E-state index in [4.69, 9.17) is 0 Å². The van der Waals surface area contributed by atoms with Gasteiger partial charge in [0.2, 0.25) is 0 Å². The summed E-state index contributed by atoms with van der Waals surface area (Å²) in [5.74, 6) is 0.602. The molecule has 2 atom stereocenters. The highest BCUT2D eigenvalue weighted by Gasteiger charge is 2.34. The molecule has 1 fully saturated rings. The number of benzene rings is 1. The summed E-state index contributed by atoms with van der Waals surface area (Å²) in [7, 11) is 0. The molecule has 2 unspecified atom stereocenters. The van der Waals surface area contributed by atoms with Crippen molar-refractivity contribution >= 4 is 11.4 Å². The number of hydrogen-bond donors (Lipinski definition) is 1. The molecule has 1 N–H and O–H groups in total. The van der Waals surface area contributed by atoms with E-state index in [1.165, 1.54) is 19.3 Å². The molecular weight excluding hydrogens is 264 g/mol. The van der Waals surface area contributed by atoms with Crippen LogP contribution in [-0.2, 0) is 0 Å². The Kier molecular flexibility index (Phi) is 4.55. The Balaban J connectivity index is 2.24. The molecule has 0 amide bonds. The second kappa shape index (κ2) is 6.04. The van der Waals surface area contributed by atoms with Gasteiger partial charge in [0.1, 0.15) is 0 Å². The molecule has 0 aromatic heterocycles. The highest BCUT2D eigenvalue weighted by Crippen LogP contribution is 2.40. The summed E-state index contributed by atoms with van der Waals surface area (Å²) in [6, 6.07) is 5.70. The van der Waals surface area contributed by atoms with E-state index in [2.05, 4.69) is 26.1 Å². The first-order valence-electron chi connectivity index (χ1n) is 7.81. The molecule has 0 bridgehead atoms. The summed E-state index contributed by atoms with van der Waals surface area (Å²) in [4.78, 5) is 10.8. The number of hydrogen-bond acceptors (Lipinski definition) is 3. The van der Waals surface area contributed by atoms with Crippen molar-refractivity contribution < 1.29 is 4.92 Å².